The van der Waals surface area contributed by atoms with E-state index < -0.39 is 11.8 Å². The van der Waals surface area contributed by atoms with Gasteiger partial charge in [0.15, 0.2) is 5.75 Å². The molecule has 4 aromatic rings. The zero-order valence-electron chi connectivity index (χ0n) is 22.5. The lowest BCUT2D eigenvalue weighted by Crippen LogP contribution is -2.53. The SMILES string of the molecule is CCc1cc(O)cc2sc(C(=O)c3cccc(F)c3)c(Oc3ccc(OC4CN(CCCOCC(=O)O)C4)cc3)c12. The number of aromatic hydroxyl groups is 1. The third-order valence-corrected chi connectivity index (χ3v) is 7.86. The molecule has 2 N–H and O–H groups in total. The highest BCUT2D eigenvalue weighted by molar-refractivity contribution is 7.21. The van der Waals surface area contributed by atoms with Crippen LogP contribution in [-0.4, -0.2) is 65.8 Å². The second-order valence-corrected chi connectivity index (χ2v) is 10.9. The van der Waals surface area contributed by atoms with E-state index in [9.17, 15) is 19.1 Å². The van der Waals surface area contributed by atoms with Gasteiger partial charge in [0, 0.05) is 41.9 Å². The molecule has 0 bridgehead atoms. The fraction of sp³-hybridized carbons (Fsp3) is 0.290. The Morgan fingerprint density at radius 3 is 2.54 bits per heavy atom. The Morgan fingerprint density at radius 2 is 1.83 bits per heavy atom. The Bertz CT molecular complexity index is 1550. The second-order valence-electron chi connectivity index (χ2n) is 9.80. The van der Waals surface area contributed by atoms with Gasteiger partial charge in [-0.25, -0.2) is 9.18 Å². The smallest absolute Gasteiger partial charge is 0.329 e. The molecule has 0 spiro atoms. The molecule has 0 amide bonds. The summed E-state index contributed by atoms with van der Waals surface area (Å²) in [6.45, 7) is 4.46. The van der Waals surface area contributed by atoms with Gasteiger partial charge in [-0.1, -0.05) is 19.1 Å². The number of aryl methyl sites for hydroxylation is 1. The van der Waals surface area contributed by atoms with Crippen LogP contribution in [0, 0.1) is 5.82 Å². The molecule has 8 nitrogen and oxygen atoms in total. The third-order valence-electron chi connectivity index (χ3n) is 6.75. The van der Waals surface area contributed by atoms with Crippen LogP contribution in [0.15, 0.2) is 60.7 Å². The summed E-state index contributed by atoms with van der Waals surface area (Å²) in [7, 11) is 0. The Labute approximate surface area is 240 Å². The molecule has 0 unspecified atom stereocenters. The van der Waals surface area contributed by atoms with Gasteiger partial charge >= 0.3 is 5.97 Å². The molecule has 5 rings (SSSR count). The normalized spacial score (nSPS) is 13.7. The molecule has 41 heavy (non-hydrogen) atoms. The number of benzene rings is 3. The van der Waals surface area contributed by atoms with Crippen molar-refractivity contribution in [2.75, 3.05) is 32.8 Å². The number of carboxylic acids is 1. The molecule has 10 heteroatoms. The van der Waals surface area contributed by atoms with Gasteiger partial charge in [-0.15, -0.1) is 11.3 Å². The first-order valence-corrected chi connectivity index (χ1v) is 14.2. The minimum absolute atomic E-state index is 0.0535. The Hall–Kier alpha value is -3.99. The molecular weight excluding hydrogens is 549 g/mol. The maximum atomic E-state index is 13.9. The van der Waals surface area contributed by atoms with Crippen molar-refractivity contribution in [3.63, 3.8) is 0 Å². The molecule has 2 heterocycles. The predicted molar refractivity (Wildman–Crippen MR) is 153 cm³/mol. The van der Waals surface area contributed by atoms with Gasteiger partial charge in [0.25, 0.3) is 0 Å². The summed E-state index contributed by atoms with van der Waals surface area (Å²) in [5.74, 6) is -0.131. The monoisotopic (exact) mass is 579 g/mol. The van der Waals surface area contributed by atoms with Crippen LogP contribution in [0.4, 0.5) is 4.39 Å². The summed E-state index contributed by atoms with van der Waals surface area (Å²) in [6, 6.07) is 16.0. The van der Waals surface area contributed by atoms with E-state index in [1.165, 1.54) is 29.5 Å². The number of rotatable bonds is 13. The van der Waals surface area contributed by atoms with E-state index in [2.05, 4.69) is 4.90 Å². The van der Waals surface area contributed by atoms with Crippen LogP contribution < -0.4 is 9.47 Å². The van der Waals surface area contributed by atoms with Crippen LogP contribution in [0.1, 0.15) is 34.1 Å². The van der Waals surface area contributed by atoms with Gasteiger partial charge in [-0.05, 0) is 66.9 Å². The van der Waals surface area contributed by atoms with Crippen LogP contribution in [-0.2, 0) is 16.0 Å². The van der Waals surface area contributed by atoms with Crippen molar-refractivity contribution in [2.45, 2.75) is 25.9 Å². The highest BCUT2D eigenvalue weighted by Gasteiger charge is 2.28. The topological polar surface area (TPSA) is 106 Å². The fourth-order valence-corrected chi connectivity index (χ4v) is 5.95. The summed E-state index contributed by atoms with van der Waals surface area (Å²) in [5, 5.41) is 19.6. The van der Waals surface area contributed by atoms with Crippen molar-refractivity contribution >= 4 is 33.2 Å². The maximum Gasteiger partial charge on any atom is 0.329 e. The summed E-state index contributed by atoms with van der Waals surface area (Å²) in [4.78, 5) is 26.5. The number of ketones is 1. The maximum absolute atomic E-state index is 13.9. The second kappa shape index (κ2) is 12.7. The van der Waals surface area contributed by atoms with Crippen LogP contribution >= 0.6 is 11.3 Å². The van der Waals surface area contributed by atoms with E-state index in [1.807, 2.05) is 19.1 Å². The van der Waals surface area contributed by atoms with Crippen LogP contribution in [0.5, 0.6) is 23.0 Å². The molecule has 1 aromatic heterocycles. The molecule has 214 valence electrons. The number of carbonyl (C=O) groups excluding carboxylic acids is 1. The number of carboxylic acid groups (broad SMARTS) is 1. The molecule has 1 fully saturated rings. The van der Waals surface area contributed by atoms with Crippen molar-refractivity contribution in [1.82, 2.24) is 4.90 Å². The van der Waals surface area contributed by atoms with Crippen LogP contribution in [0.25, 0.3) is 10.1 Å². The summed E-state index contributed by atoms with van der Waals surface area (Å²) in [6.07, 6.45) is 1.43. The fourth-order valence-electron chi connectivity index (χ4n) is 4.78. The minimum atomic E-state index is -0.966. The Morgan fingerprint density at radius 1 is 1.07 bits per heavy atom. The summed E-state index contributed by atoms with van der Waals surface area (Å²) >= 11 is 1.21. The van der Waals surface area contributed by atoms with E-state index in [-0.39, 0.29) is 29.8 Å². The molecule has 0 radical (unpaired) electrons. The predicted octanol–water partition coefficient (Wildman–Crippen LogP) is 5.89. The van der Waals surface area contributed by atoms with Gasteiger partial charge in [-0.3, -0.25) is 9.69 Å². The standard InChI is InChI=1S/C31H30FNO7S/c1-2-19-14-22(34)15-26-28(19)30(31(41-26)29(37)20-5-3-6-21(32)13-20)40-24-9-7-23(8-10-24)39-25-16-33(17-25)11-4-12-38-18-27(35)36/h3,5-10,13-15,25,34H,2,4,11-12,16-18H2,1H3,(H,35,36). The first-order chi connectivity index (χ1) is 19.8. The number of aliphatic carboxylic acids is 1. The first kappa shape index (κ1) is 28.5. The molecular formula is C31H30FNO7S. The number of nitrogens with zero attached hydrogens (tertiary/aromatic N) is 1. The Balaban J connectivity index is 1.28. The van der Waals surface area contributed by atoms with E-state index in [1.54, 1.807) is 30.3 Å². The molecule has 1 saturated heterocycles. The molecule has 0 saturated carbocycles. The van der Waals surface area contributed by atoms with Gasteiger partial charge in [-0.2, -0.15) is 0 Å². The third kappa shape index (κ3) is 6.84. The molecule has 0 atom stereocenters. The summed E-state index contributed by atoms with van der Waals surface area (Å²) < 4.78 is 32.0. The van der Waals surface area contributed by atoms with E-state index in [4.69, 9.17) is 19.3 Å². The average molecular weight is 580 g/mol. The lowest BCUT2D eigenvalue weighted by Gasteiger charge is -2.39. The number of hydrogen-bond donors (Lipinski definition) is 2. The lowest BCUT2D eigenvalue weighted by molar-refractivity contribution is -0.142. The zero-order valence-corrected chi connectivity index (χ0v) is 23.3. The quantitative estimate of drug-likeness (QED) is 0.149. The first-order valence-electron chi connectivity index (χ1n) is 13.4. The number of phenols is 1. The van der Waals surface area contributed by atoms with Gasteiger partial charge in [0.2, 0.25) is 5.78 Å². The van der Waals surface area contributed by atoms with Gasteiger partial charge < -0.3 is 24.4 Å². The highest BCUT2D eigenvalue weighted by atomic mass is 32.1. The molecule has 1 aliphatic rings. The van der Waals surface area contributed by atoms with Gasteiger partial charge in [0.05, 0.1) is 0 Å². The van der Waals surface area contributed by atoms with Crippen molar-refractivity contribution < 1.29 is 38.4 Å². The summed E-state index contributed by atoms with van der Waals surface area (Å²) in [5.41, 5.74) is 1.06. The number of hydrogen-bond acceptors (Lipinski definition) is 8. The number of likely N-dealkylation sites (tertiary alicyclic amines) is 1. The van der Waals surface area contributed by atoms with E-state index >= 15 is 0 Å². The number of carbonyl (C=O) groups is 2. The lowest BCUT2D eigenvalue weighted by atomic mass is 10.0. The van der Waals surface area contributed by atoms with Crippen molar-refractivity contribution in [2.24, 2.45) is 0 Å². The minimum Gasteiger partial charge on any atom is -0.508 e. The number of ether oxygens (including phenoxy) is 3. The van der Waals surface area contributed by atoms with E-state index in [0.717, 1.165) is 37.0 Å². The number of phenolic OH excluding ortho intramolecular Hbond substituents is 1. The van der Waals surface area contributed by atoms with E-state index in [0.29, 0.717) is 39.9 Å². The molecule has 0 aliphatic carbocycles. The van der Waals surface area contributed by atoms with Crippen LogP contribution in [0.3, 0.4) is 0 Å². The zero-order chi connectivity index (χ0) is 28.9. The van der Waals surface area contributed by atoms with Crippen molar-refractivity contribution in [3.8, 4) is 23.0 Å². The van der Waals surface area contributed by atoms with Crippen LogP contribution in [0.2, 0.25) is 0 Å². The number of fused-ring (bicyclic) bond motifs is 1. The van der Waals surface area contributed by atoms with Crippen molar-refractivity contribution in [1.29, 1.82) is 0 Å². The molecule has 3 aromatic carbocycles. The van der Waals surface area contributed by atoms with Crippen molar-refractivity contribution in [3.05, 3.63) is 82.5 Å². The average Bonchev–Trinajstić information content (AvgIpc) is 3.28. The number of halogens is 1. The van der Waals surface area contributed by atoms with Gasteiger partial charge in [0.1, 0.15) is 40.7 Å². The molecule has 1 aliphatic heterocycles. The highest BCUT2D eigenvalue weighted by Crippen LogP contribution is 2.45. The number of thiophene rings is 1. The largest absolute Gasteiger partial charge is 0.508 e. The Kier molecular flexibility index (Phi) is 8.82.